The summed E-state index contributed by atoms with van der Waals surface area (Å²) < 4.78 is 0.974. The Bertz CT molecular complexity index is 893. The standard InChI is InChI=1S/C19H16IN3O3/c1-2-12-5-3-4-6-16(12)21-11-15-17(24)22-19(26)23(18(15)25)14-9-7-13(20)8-10-14/h3-11,15H,2H2,1H3,(H,22,24,26)/t15-/m1/s1. The van der Waals surface area contributed by atoms with Gasteiger partial charge in [0.15, 0.2) is 5.92 Å². The molecular formula is C19H16IN3O3. The molecule has 1 heterocycles. The van der Waals surface area contributed by atoms with E-state index in [2.05, 4.69) is 32.9 Å². The van der Waals surface area contributed by atoms with E-state index in [1.165, 1.54) is 6.21 Å². The summed E-state index contributed by atoms with van der Waals surface area (Å²) in [5, 5.41) is 2.22. The number of carbonyl (C=O) groups excluding carboxylic acids is 3. The number of nitrogens with one attached hydrogen (secondary N) is 1. The molecule has 1 fully saturated rings. The van der Waals surface area contributed by atoms with Gasteiger partial charge >= 0.3 is 6.03 Å². The van der Waals surface area contributed by atoms with Gasteiger partial charge in [0, 0.05) is 9.78 Å². The van der Waals surface area contributed by atoms with E-state index in [0.29, 0.717) is 11.4 Å². The van der Waals surface area contributed by atoms with Crippen molar-refractivity contribution in [3.63, 3.8) is 0 Å². The number of imide groups is 2. The summed E-state index contributed by atoms with van der Waals surface area (Å²) in [6, 6.07) is 13.7. The number of halogens is 1. The molecule has 0 saturated carbocycles. The topological polar surface area (TPSA) is 78.8 Å². The van der Waals surface area contributed by atoms with Gasteiger partial charge in [-0.3, -0.25) is 19.9 Å². The number of benzene rings is 2. The number of hydrogen-bond acceptors (Lipinski definition) is 4. The van der Waals surface area contributed by atoms with Gasteiger partial charge in [-0.25, -0.2) is 9.69 Å². The lowest BCUT2D eigenvalue weighted by Gasteiger charge is -2.28. The van der Waals surface area contributed by atoms with Gasteiger partial charge < -0.3 is 0 Å². The zero-order valence-corrected chi connectivity index (χ0v) is 16.1. The number of anilines is 1. The second kappa shape index (κ2) is 7.77. The van der Waals surface area contributed by atoms with Gasteiger partial charge in [-0.1, -0.05) is 25.1 Å². The molecule has 0 radical (unpaired) electrons. The van der Waals surface area contributed by atoms with E-state index in [1.54, 1.807) is 24.3 Å². The van der Waals surface area contributed by atoms with Crippen LogP contribution in [0.4, 0.5) is 16.2 Å². The monoisotopic (exact) mass is 461 g/mol. The maximum atomic E-state index is 12.8. The second-order valence-electron chi connectivity index (χ2n) is 5.68. The van der Waals surface area contributed by atoms with Crippen LogP contribution in [-0.2, 0) is 16.0 Å². The normalized spacial score (nSPS) is 17.7. The van der Waals surface area contributed by atoms with Crippen molar-refractivity contribution < 1.29 is 14.4 Å². The number of para-hydroxylation sites is 1. The number of amides is 4. The van der Waals surface area contributed by atoms with Crippen LogP contribution in [0, 0.1) is 9.49 Å². The molecule has 0 aliphatic carbocycles. The minimum atomic E-state index is -1.16. The third kappa shape index (κ3) is 3.67. The highest BCUT2D eigenvalue weighted by Gasteiger charge is 2.40. The van der Waals surface area contributed by atoms with Crippen molar-refractivity contribution in [2.24, 2.45) is 10.9 Å². The number of nitrogens with zero attached hydrogens (tertiary/aromatic N) is 2. The Balaban J connectivity index is 1.90. The van der Waals surface area contributed by atoms with Gasteiger partial charge in [0.05, 0.1) is 11.4 Å². The summed E-state index contributed by atoms with van der Waals surface area (Å²) in [6.45, 7) is 2.00. The Morgan fingerprint density at radius 1 is 1.12 bits per heavy atom. The van der Waals surface area contributed by atoms with Crippen LogP contribution in [0.15, 0.2) is 53.5 Å². The van der Waals surface area contributed by atoms with E-state index in [-0.39, 0.29) is 0 Å². The molecule has 26 heavy (non-hydrogen) atoms. The molecule has 0 aromatic heterocycles. The molecule has 1 aliphatic rings. The number of carbonyl (C=O) groups is 3. The molecule has 3 rings (SSSR count). The number of aliphatic imine (C=N–C) groups is 1. The Kier molecular flexibility index (Phi) is 5.46. The van der Waals surface area contributed by atoms with Gasteiger partial charge in [0.25, 0.3) is 5.91 Å². The molecule has 0 unspecified atom stereocenters. The summed E-state index contributed by atoms with van der Waals surface area (Å²) in [6.07, 6.45) is 2.09. The van der Waals surface area contributed by atoms with Crippen LogP contribution in [-0.4, -0.2) is 24.1 Å². The zero-order chi connectivity index (χ0) is 18.7. The van der Waals surface area contributed by atoms with Gasteiger partial charge in [-0.05, 0) is 64.9 Å². The molecule has 0 spiro atoms. The maximum Gasteiger partial charge on any atom is 0.335 e. The molecule has 2 aromatic carbocycles. The molecule has 4 amide bonds. The Labute approximate surface area is 164 Å². The minimum Gasteiger partial charge on any atom is -0.276 e. The minimum absolute atomic E-state index is 0.410. The predicted molar refractivity (Wildman–Crippen MR) is 108 cm³/mol. The molecule has 1 atom stereocenters. The highest BCUT2D eigenvalue weighted by atomic mass is 127. The lowest BCUT2D eigenvalue weighted by Crippen LogP contribution is -2.58. The fourth-order valence-corrected chi connectivity index (χ4v) is 3.01. The quantitative estimate of drug-likeness (QED) is 0.431. The first-order chi connectivity index (χ1) is 12.5. The van der Waals surface area contributed by atoms with Crippen molar-refractivity contribution in [1.82, 2.24) is 5.32 Å². The molecule has 132 valence electrons. The van der Waals surface area contributed by atoms with Gasteiger partial charge in [0.2, 0.25) is 5.91 Å². The lowest BCUT2D eigenvalue weighted by molar-refractivity contribution is -0.131. The smallest absolute Gasteiger partial charge is 0.276 e. The van der Waals surface area contributed by atoms with Crippen molar-refractivity contribution >= 4 is 58.0 Å². The lowest BCUT2D eigenvalue weighted by atomic mass is 10.1. The number of aryl methyl sites for hydroxylation is 1. The van der Waals surface area contributed by atoms with Crippen molar-refractivity contribution in [3.05, 3.63) is 57.7 Å². The maximum absolute atomic E-state index is 12.8. The van der Waals surface area contributed by atoms with E-state index >= 15 is 0 Å². The molecule has 0 bridgehead atoms. The average Bonchev–Trinajstić information content (AvgIpc) is 2.63. The SMILES string of the molecule is CCc1ccccc1N=C[C@@H]1C(=O)NC(=O)N(c2ccc(I)cc2)C1=O. The summed E-state index contributed by atoms with van der Waals surface area (Å²) in [4.78, 5) is 42.4. The van der Waals surface area contributed by atoms with Crippen LogP contribution in [0.25, 0.3) is 0 Å². The third-order valence-corrected chi connectivity index (χ3v) is 4.74. The first-order valence-electron chi connectivity index (χ1n) is 8.07. The van der Waals surface area contributed by atoms with Crippen molar-refractivity contribution in [1.29, 1.82) is 0 Å². The first kappa shape index (κ1) is 18.2. The number of barbiturate groups is 1. The summed E-state index contributed by atoms with van der Waals surface area (Å²) in [5.41, 5.74) is 2.12. The highest BCUT2D eigenvalue weighted by molar-refractivity contribution is 14.1. The molecule has 6 nitrogen and oxygen atoms in total. The largest absolute Gasteiger partial charge is 0.335 e. The van der Waals surface area contributed by atoms with Gasteiger partial charge in [0.1, 0.15) is 0 Å². The van der Waals surface area contributed by atoms with Gasteiger partial charge in [-0.15, -0.1) is 0 Å². The first-order valence-corrected chi connectivity index (χ1v) is 9.15. The number of hydrogen-bond donors (Lipinski definition) is 1. The molecule has 1 aliphatic heterocycles. The Hall–Kier alpha value is -2.55. The predicted octanol–water partition coefficient (Wildman–Crippen LogP) is 3.46. The van der Waals surface area contributed by atoms with Crippen LogP contribution < -0.4 is 10.2 Å². The van der Waals surface area contributed by atoms with Crippen LogP contribution >= 0.6 is 22.6 Å². The fourth-order valence-electron chi connectivity index (χ4n) is 2.65. The highest BCUT2D eigenvalue weighted by Crippen LogP contribution is 2.23. The van der Waals surface area contributed by atoms with E-state index in [0.717, 1.165) is 20.5 Å². The fraction of sp³-hybridized carbons (Fsp3) is 0.158. The average molecular weight is 461 g/mol. The van der Waals surface area contributed by atoms with Crippen molar-refractivity contribution in [3.8, 4) is 0 Å². The Morgan fingerprint density at radius 2 is 1.81 bits per heavy atom. The van der Waals surface area contributed by atoms with Crippen molar-refractivity contribution in [2.75, 3.05) is 4.90 Å². The van der Waals surface area contributed by atoms with Crippen LogP contribution in [0.1, 0.15) is 12.5 Å². The zero-order valence-electron chi connectivity index (χ0n) is 14.0. The van der Waals surface area contributed by atoms with Crippen LogP contribution in [0.3, 0.4) is 0 Å². The Morgan fingerprint density at radius 3 is 2.50 bits per heavy atom. The summed E-state index contributed by atoms with van der Waals surface area (Å²) >= 11 is 2.13. The van der Waals surface area contributed by atoms with Crippen LogP contribution in [0.5, 0.6) is 0 Å². The number of urea groups is 1. The molecule has 2 aromatic rings. The molecule has 1 saturated heterocycles. The number of rotatable bonds is 4. The van der Waals surface area contributed by atoms with E-state index in [4.69, 9.17) is 0 Å². The molecular weight excluding hydrogens is 445 g/mol. The van der Waals surface area contributed by atoms with Crippen molar-refractivity contribution in [2.45, 2.75) is 13.3 Å². The summed E-state index contributed by atoms with van der Waals surface area (Å²) in [5.74, 6) is -2.44. The van der Waals surface area contributed by atoms with E-state index in [1.807, 2.05) is 31.2 Å². The van der Waals surface area contributed by atoms with E-state index in [9.17, 15) is 14.4 Å². The van der Waals surface area contributed by atoms with E-state index < -0.39 is 23.8 Å². The molecule has 7 heteroatoms. The second-order valence-corrected chi connectivity index (χ2v) is 6.93. The summed E-state index contributed by atoms with van der Waals surface area (Å²) in [7, 11) is 0. The molecule has 1 N–H and O–H groups in total. The van der Waals surface area contributed by atoms with Gasteiger partial charge in [-0.2, -0.15) is 0 Å². The van der Waals surface area contributed by atoms with Crippen LogP contribution in [0.2, 0.25) is 0 Å². The third-order valence-electron chi connectivity index (χ3n) is 4.02.